The van der Waals surface area contributed by atoms with Crippen LogP contribution in [0.4, 0.5) is 0 Å². The van der Waals surface area contributed by atoms with Gasteiger partial charge in [0.2, 0.25) is 10.9 Å². The van der Waals surface area contributed by atoms with Gasteiger partial charge in [0.15, 0.2) is 0 Å². The topological polar surface area (TPSA) is 59.9 Å². The van der Waals surface area contributed by atoms with Crippen molar-refractivity contribution in [3.05, 3.63) is 68.2 Å². The summed E-state index contributed by atoms with van der Waals surface area (Å²) in [6.45, 7) is 4.00. The van der Waals surface area contributed by atoms with Gasteiger partial charge in [-0.2, -0.15) is 0 Å². The van der Waals surface area contributed by atoms with Crippen molar-refractivity contribution < 1.29 is 0 Å². The molecule has 0 radical (unpaired) electrons. The molecule has 0 saturated carbocycles. The van der Waals surface area contributed by atoms with Crippen LogP contribution in [-0.2, 0) is 12.8 Å². The number of hydrogen-bond acceptors (Lipinski definition) is 4. The van der Waals surface area contributed by atoms with E-state index in [-0.39, 0.29) is 10.9 Å². The van der Waals surface area contributed by atoms with Gasteiger partial charge in [0.1, 0.15) is 0 Å². The van der Waals surface area contributed by atoms with Gasteiger partial charge in [-0.1, -0.05) is 32.4 Å². The molecule has 132 valence electrons. The van der Waals surface area contributed by atoms with E-state index in [4.69, 9.17) is 0 Å². The summed E-state index contributed by atoms with van der Waals surface area (Å²) in [7, 11) is 0. The maximum Gasteiger partial charge on any atom is 0.209 e. The molecule has 5 rings (SSSR count). The largest absolute Gasteiger partial charge is 0.287 e. The van der Waals surface area contributed by atoms with Crippen LogP contribution in [0.2, 0.25) is 0 Å². The first-order valence-electron chi connectivity index (χ1n) is 9.40. The van der Waals surface area contributed by atoms with Gasteiger partial charge < -0.3 is 0 Å². The third-order valence-electron chi connectivity index (χ3n) is 5.43. The Labute approximate surface area is 155 Å². The van der Waals surface area contributed by atoms with Crippen molar-refractivity contribution in [1.29, 1.82) is 0 Å². The zero-order valence-electron chi connectivity index (χ0n) is 15.3. The molecular weight excluding hydrogens is 336 g/mol. The van der Waals surface area contributed by atoms with E-state index in [1.165, 1.54) is 0 Å². The summed E-state index contributed by atoms with van der Waals surface area (Å²) in [6, 6.07) is 11.8. The summed E-state index contributed by atoms with van der Waals surface area (Å²) in [5.74, 6) is 0. The SMILES string of the molecule is CCCc1nc2c(ccc3cc4c(ccc5c(=O)c(CC)nc54)cc32)c1=O. The first-order chi connectivity index (χ1) is 13.1. The predicted molar refractivity (Wildman–Crippen MR) is 110 cm³/mol. The lowest BCUT2D eigenvalue weighted by atomic mass is 10.00. The molecule has 0 N–H and O–H groups in total. The quantitative estimate of drug-likeness (QED) is 0.456. The Kier molecular flexibility index (Phi) is 3.38. The summed E-state index contributed by atoms with van der Waals surface area (Å²) in [5, 5.41) is 5.33. The fourth-order valence-corrected chi connectivity index (χ4v) is 4.05. The number of nitrogens with zero attached hydrogens (tertiary/aromatic N) is 2. The van der Waals surface area contributed by atoms with Gasteiger partial charge in [-0.05, 0) is 47.9 Å². The average Bonchev–Trinajstić information content (AvgIpc) is 3.18. The van der Waals surface area contributed by atoms with Crippen LogP contribution >= 0.6 is 0 Å². The van der Waals surface area contributed by atoms with Crippen LogP contribution in [0.15, 0.2) is 46.0 Å². The Hall–Kier alpha value is -3.14. The maximum atomic E-state index is 12.6. The summed E-state index contributed by atoms with van der Waals surface area (Å²) >= 11 is 0. The Balaban J connectivity index is 1.90. The van der Waals surface area contributed by atoms with Gasteiger partial charge in [-0.25, -0.2) is 9.97 Å². The fourth-order valence-electron chi connectivity index (χ4n) is 4.05. The molecule has 0 aliphatic carbocycles. The molecule has 4 heteroatoms. The molecule has 4 nitrogen and oxygen atoms in total. The third kappa shape index (κ3) is 2.16. The highest BCUT2D eigenvalue weighted by Crippen LogP contribution is 2.31. The van der Waals surface area contributed by atoms with E-state index in [0.717, 1.165) is 39.0 Å². The molecule has 0 amide bonds. The van der Waals surface area contributed by atoms with Gasteiger partial charge in [-0.3, -0.25) is 9.59 Å². The number of aromatic nitrogens is 2. The van der Waals surface area contributed by atoms with Crippen molar-refractivity contribution in [2.24, 2.45) is 0 Å². The Morgan fingerprint density at radius 1 is 0.704 bits per heavy atom. The lowest BCUT2D eigenvalue weighted by Crippen LogP contribution is -2.02. The van der Waals surface area contributed by atoms with Crippen LogP contribution in [0, 0.1) is 0 Å². The molecule has 0 aliphatic heterocycles. The van der Waals surface area contributed by atoms with Crippen molar-refractivity contribution in [1.82, 2.24) is 9.97 Å². The highest BCUT2D eigenvalue weighted by atomic mass is 16.1. The van der Waals surface area contributed by atoms with Crippen LogP contribution in [0.25, 0.3) is 43.4 Å². The molecule has 0 saturated heterocycles. The number of hydrogen-bond donors (Lipinski definition) is 0. The maximum absolute atomic E-state index is 12.6. The number of rotatable bonds is 3. The van der Waals surface area contributed by atoms with E-state index >= 15 is 0 Å². The molecule has 0 unspecified atom stereocenters. The van der Waals surface area contributed by atoms with Crippen molar-refractivity contribution in [3.8, 4) is 0 Å². The monoisotopic (exact) mass is 354 g/mol. The molecule has 0 bridgehead atoms. The van der Waals surface area contributed by atoms with Crippen LogP contribution in [0.5, 0.6) is 0 Å². The molecule has 0 fully saturated rings. The highest BCUT2D eigenvalue weighted by Gasteiger charge is 2.15. The second kappa shape index (κ2) is 5.68. The summed E-state index contributed by atoms with van der Waals surface area (Å²) < 4.78 is 0. The summed E-state index contributed by atoms with van der Waals surface area (Å²) in [6.07, 6.45) is 2.23. The van der Waals surface area contributed by atoms with Crippen molar-refractivity contribution in [3.63, 3.8) is 0 Å². The lowest BCUT2D eigenvalue weighted by molar-refractivity contribution is 0.889. The predicted octanol–water partition coefficient (Wildman–Crippen LogP) is 4.20. The third-order valence-corrected chi connectivity index (χ3v) is 5.43. The van der Waals surface area contributed by atoms with Gasteiger partial charge in [0, 0.05) is 10.8 Å². The fraction of sp³-hybridized carbons (Fsp3) is 0.217. The van der Waals surface area contributed by atoms with Crippen LogP contribution in [0.1, 0.15) is 31.7 Å². The van der Waals surface area contributed by atoms with E-state index in [0.29, 0.717) is 35.0 Å². The van der Waals surface area contributed by atoms with Gasteiger partial charge in [0.25, 0.3) is 0 Å². The van der Waals surface area contributed by atoms with Gasteiger partial charge in [0.05, 0.1) is 33.2 Å². The van der Waals surface area contributed by atoms with Crippen LogP contribution < -0.4 is 10.9 Å². The van der Waals surface area contributed by atoms with Crippen molar-refractivity contribution in [2.75, 3.05) is 0 Å². The Morgan fingerprint density at radius 2 is 1.22 bits per heavy atom. The lowest BCUT2D eigenvalue weighted by Gasteiger charge is -2.04. The van der Waals surface area contributed by atoms with E-state index < -0.39 is 0 Å². The Bertz CT molecular complexity index is 1460. The minimum atomic E-state index is 0.0304. The minimum absolute atomic E-state index is 0.0304. The molecule has 0 spiro atoms. The van der Waals surface area contributed by atoms with Crippen molar-refractivity contribution in [2.45, 2.75) is 33.1 Å². The van der Waals surface area contributed by atoms with E-state index in [1.807, 2.05) is 31.2 Å². The van der Waals surface area contributed by atoms with Gasteiger partial charge in [-0.15, -0.1) is 0 Å². The Morgan fingerprint density at radius 3 is 1.74 bits per heavy atom. The molecule has 5 aromatic rings. The first-order valence-corrected chi connectivity index (χ1v) is 9.40. The summed E-state index contributed by atoms with van der Waals surface area (Å²) in [4.78, 5) is 34.2. The average molecular weight is 354 g/mol. The second-order valence-electron chi connectivity index (χ2n) is 7.10. The smallest absolute Gasteiger partial charge is 0.209 e. The number of fused-ring (bicyclic) bond motifs is 6. The van der Waals surface area contributed by atoms with Gasteiger partial charge >= 0.3 is 0 Å². The van der Waals surface area contributed by atoms with E-state index in [2.05, 4.69) is 29.0 Å². The van der Waals surface area contributed by atoms with E-state index in [1.54, 1.807) is 0 Å². The zero-order chi connectivity index (χ0) is 18.7. The standard InChI is InChI=1S/C23H18N2O2/c1-3-5-19-23(27)15-9-7-13-10-16-12(11-17(13)21(15)25-19)6-8-14-20(16)24-18(4-2)22(14)26/h6-11H,3-5H2,1-2H3. The number of aryl methyl sites for hydroxylation is 2. The molecule has 0 atom stereocenters. The number of benzene rings is 3. The van der Waals surface area contributed by atoms with Crippen molar-refractivity contribution >= 4 is 43.4 Å². The molecular formula is C23H18N2O2. The molecule has 0 aliphatic rings. The summed E-state index contributed by atoms with van der Waals surface area (Å²) in [5.41, 5.74) is 2.89. The van der Waals surface area contributed by atoms with E-state index in [9.17, 15) is 9.59 Å². The molecule has 2 heterocycles. The van der Waals surface area contributed by atoms with Crippen LogP contribution in [0.3, 0.4) is 0 Å². The first kappa shape index (κ1) is 16.1. The highest BCUT2D eigenvalue weighted by molar-refractivity contribution is 6.15. The second-order valence-corrected chi connectivity index (χ2v) is 7.10. The molecule has 27 heavy (non-hydrogen) atoms. The zero-order valence-corrected chi connectivity index (χ0v) is 15.3. The molecule has 3 aromatic carbocycles. The molecule has 2 aromatic heterocycles. The van der Waals surface area contributed by atoms with Crippen LogP contribution in [-0.4, -0.2) is 9.97 Å². The normalized spacial score (nSPS) is 12.1. The minimum Gasteiger partial charge on any atom is -0.287 e.